The summed E-state index contributed by atoms with van der Waals surface area (Å²) in [5.41, 5.74) is -0.244. The van der Waals surface area contributed by atoms with Gasteiger partial charge >= 0.3 is 12.1 Å². The molecular formula is C21H38N2O5. The zero-order valence-electron chi connectivity index (χ0n) is 18.4. The number of nitrogens with one attached hydrogen (secondary N) is 2. The molecule has 0 spiro atoms. The highest BCUT2D eigenvalue weighted by Crippen LogP contribution is 2.40. The third-order valence-corrected chi connectivity index (χ3v) is 5.47. The zero-order chi connectivity index (χ0) is 21.4. The van der Waals surface area contributed by atoms with Crippen LogP contribution < -0.4 is 10.6 Å². The van der Waals surface area contributed by atoms with E-state index in [9.17, 15) is 14.4 Å². The number of carbonyl (C=O) groups is 3. The Labute approximate surface area is 169 Å². The predicted octanol–water partition coefficient (Wildman–Crippen LogP) is 3.56. The van der Waals surface area contributed by atoms with Crippen LogP contribution in [0.2, 0.25) is 0 Å². The van der Waals surface area contributed by atoms with Gasteiger partial charge in [-0.25, -0.2) is 4.79 Å². The Morgan fingerprint density at radius 2 is 1.61 bits per heavy atom. The van der Waals surface area contributed by atoms with E-state index in [2.05, 4.69) is 31.4 Å². The first kappa shape index (κ1) is 24.2. The molecule has 0 aromatic carbocycles. The van der Waals surface area contributed by atoms with Crippen LogP contribution in [-0.4, -0.2) is 42.8 Å². The van der Waals surface area contributed by atoms with Crippen molar-refractivity contribution in [1.29, 1.82) is 0 Å². The van der Waals surface area contributed by atoms with Crippen molar-refractivity contribution in [2.45, 2.75) is 91.7 Å². The summed E-state index contributed by atoms with van der Waals surface area (Å²) in [5.74, 6) is -0.104. The summed E-state index contributed by atoms with van der Waals surface area (Å²) < 4.78 is 10.0. The molecule has 0 unspecified atom stereocenters. The third-order valence-electron chi connectivity index (χ3n) is 5.47. The predicted molar refractivity (Wildman–Crippen MR) is 108 cm³/mol. The van der Waals surface area contributed by atoms with Crippen LogP contribution in [0, 0.1) is 11.3 Å². The molecule has 2 N–H and O–H groups in total. The van der Waals surface area contributed by atoms with Gasteiger partial charge < -0.3 is 20.1 Å². The summed E-state index contributed by atoms with van der Waals surface area (Å²) in [7, 11) is 0. The zero-order valence-corrected chi connectivity index (χ0v) is 18.4. The van der Waals surface area contributed by atoms with Gasteiger partial charge in [0.1, 0.15) is 5.60 Å². The first-order valence-corrected chi connectivity index (χ1v) is 10.3. The van der Waals surface area contributed by atoms with Crippen molar-refractivity contribution in [2.24, 2.45) is 11.3 Å². The van der Waals surface area contributed by atoms with Crippen molar-refractivity contribution in [1.82, 2.24) is 10.6 Å². The molecule has 1 aliphatic rings. The summed E-state index contributed by atoms with van der Waals surface area (Å²) >= 11 is 0. The lowest BCUT2D eigenvalue weighted by Gasteiger charge is -2.39. The number of rotatable bonds is 8. The molecule has 0 atom stereocenters. The molecule has 0 saturated heterocycles. The standard InChI is InChI=1S/C21H38N2O5/c1-7-21(5,6)15-8-10-16(11-9-15)23-17(24)14-27-18(25)12-13-22-19(26)28-20(2,3)4/h15-16H,7-14H2,1-6H3,(H,22,26)(H,23,24). The van der Waals surface area contributed by atoms with Gasteiger partial charge in [-0.05, 0) is 57.8 Å². The fourth-order valence-electron chi connectivity index (χ4n) is 3.38. The summed E-state index contributed by atoms with van der Waals surface area (Å²) in [4.78, 5) is 35.2. The topological polar surface area (TPSA) is 93.7 Å². The van der Waals surface area contributed by atoms with Crippen LogP contribution in [0.3, 0.4) is 0 Å². The molecule has 1 rings (SSSR count). The van der Waals surface area contributed by atoms with Crippen LogP contribution in [0.5, 0.6) is 0 Å². The van der Waals surface area contributed by atoms with Crippen LogP contribution >= 0.6 is 0 Å². The summed E-state index contributed by atoms with van der Waals surface area (Å²) in [6.45, 7) is 12.0. The first-order valence-electron chi connectivity index (χ1n) is 10.3. The molecule has 0 aliphatic heterocycles. The van der Waals surface area contributed by atoms with Crippen molar-refractivity contribution in [3.05, 3.63) is 0 Å². The molecule has 0 aromatic rings. The van der Waals surface area contributed by atoms with E-state index in [4.69, 9.17) is 9.47 Å². The van der Waals surface area contributed by atoms with E-state index < -0.39 is 17.7 Å². The van der Waals surface area contributed by atoms with Gasteiger partial charge in [0.25, 0.3) is 5.91 Å². The van der Waals surface area contributed by atoms with Crippen molar-refractivity contribution < 1.29 is 23.9 Å². The summed E-state index contributed by atoms with van der Waals surface area (Å²) in [5, 5.41) is 5.44. The van der Waals surface area contributed by atoms with E-state index in [1.54, 1.807) is 20.8 Å². The van der Waals surface area contributed by atoms with Gasteiger partial charge in [-0.15, -0.1) is 0 Å². The second-order valence-electron chi connectivity index (χ2n) is 9.30. The largest absolute Gasteiger partial charge is 0.456 e. The quantitative estimate of drug-likeness (QED) is 0.610. The molecule has 1 saturated carbocycles. The van der Waals surface area contributed by atoms with E-state index in [-0.39, 0.29) is 31.5 Å². The van der Waals surface area contributed by atoms with Gasteiger partial charge in [0, 0.05) is 12.6 Å². The summed E-state index contributed by atoms with van der Waals surface area (Å²) in [6.07, 6.45) is 4.72. The maximum Gasteiger partial charge on any atom is 0.407 e. The van der Waals surface area contributed by atoms with E-state index in [1.807, 2.05) is 0 Å². The Balaban J connectivity index is 2.18. The van der Waals surface area contributed by atoms with Gasteiger partial charge in [-0.3, -0.25) is 9.59 Å². The fraction of sp³-hybridized carbons (Fsp3) is 0.857. The van der Waals surface area contributed by atoms with Crippen molar-refractivity contribution in [3.63, 3.8) is 0 Å². The van der Waals surface area contributed by atoms with Crippen LogP contribution in [0.4, 0.5) is 4.79 Å². The highest BCUT2D eigenvalue weighted by molar-refractivity contribution is 5.81. The Morgan fingerprint density at radius 3 is 2.14 bits per heavy atom. The van der Waals surface area contributed by atoms with E-state index in [1.165, 1.54) is 0 Å². The molecule has 7 heteroatoms. The number of hydrogen-bond donors (Lipinski definition) is 2. The molecule has 1 fully saturated rings. The van der Waals surface area contributed by atoms with Crippen LogP contribution in [-0.2, 0) is 19.1 Å². The smallest absolute Gasteiger partial charge is 0.407 e. The lowest BCUT2D eigenvalue weighted by atomic mass is 9.69. The Kier molecular flexibility index (Phi) is 9.24. The fourth-order valence-corrected chi connectivity index (χ4v) is 3.38. The minimum absolute atomic E-state index is 0.0102. The second kappa shape index (κ2) is 10.7. The molecule has 0 bridgehead atoms. The summed E-state index contributed by atoms with van der Waals surface area (Å²) in [6, 6.07) is 0.156. The SMILES string of the molecule is CCC(C)(C)C1CCC(NC(=O)COC(=O)CCNC(=O)OC(C)(C)C)CC1. The molecule has 2 amide bonds. The average Bonchev–Trinajstić information content (AvgIpc) is 2.59. The van der Waals surface area contributed by atoms with E-state index in [0.29, 0.717) is 11.3 Å². The molecule has 162 valence electrons. The van der Waals surface area contributed by atoms with Gasteiger partial charge in [0.15, 0.2) is 6.61 Å². The van der Waals surface area contributed by atoms with E-state index >= 15 is 0 Å². The Bertz CT molecular complexity index is 531. The van der Waals surface area contributed by atoms with Crippen molar-refractivity contribution in [3.8, 4) is 0 Å². The number of amides is 2. The van der Waals surface area contributed by atoms with E-state index in [0.717, 1.165) is 32.1 Å². The maximum atomic E-state index is 12.0. The van der Waals surface area contributed by atoms with Gasteiger partial charge in [-0.1, -0.05) is 27.2 Å². The highest BCUT2D eigenvalue weighted by atomic mass is 16.6. The molecule has 28 heavy (non-hydrogen) atoms. The Morgan fingerprint density at radius 1 is 1.00 bits per heavy atom. The lowest BCUT2D eigenvalue weighted by molar-refractivity contribution is -0.148. The molecule has 7 nitrogen and oxygen atoms in total. The number of alkyl carbamates (subject to hydrolysis) is 1. The van der Waals surface area contributed by atoms with Crippen LogP contribution in [0.25, 0.3) is 0 Å². The monoisotopic (exact) mass is 398 g/mol. The van der Waals surface area contributed by atoms with Crippen LogP contribution in [0.1, 0.15) is 80.1 Å². The normalized spacial score (nSPS) is 20.2. The first-order chi connectivity index (χ1) is 12.9. The van der Waals surface area contributed by atoms with Crippen LogP contribution in [0.15, 0.2) is 0 Å². The minimum atomic E-state index is -0.589. The minimum Gasteiger partial charge on any atom is -0.456 e. The van der Waals surface area contributed by atoms with Gasteiger partial charge in [-0.2, -0.15) is 0 Å². The lowest BCUT2D eigenvalue weighted by Crippen LogP contribution is -2.41. The van der Waals surface area contributed by atoms with Gasteiger partial charge in [0.05, 0.1) is 6.42 Å². The number of carbonyl (C=O) groups excluding carboxylic acids is 3. The number of ether oxygens (including phenoxy) is 2. The number of hydrogen-bond acceptors (Lipinski definition) is 5. The molecule has 1 aliphatic carbocycles. The molecule has 0 aromatic heterocycles. The maximum absolute atomic E-state index is 12.0. The molecular weight excluding hydrogens is 360 g/mol. The van der Waals surface area contributed by atoms with Gasteiger partial charge in [0.2, 0.25) is 0 Å². The average molecular weight is 399 g/mol. The molecule has 0 radical (unpaired) electrons. The second-order valence-corrected chi connectivity index (χ2v) is 9.30. The Hall–Kier alpha value is -1.79. The third kappa shape index (κ3) is 9.42. The van der Waals surface area contributed by atoms with Crippen molar-refractivity contribution in [2.75, 3.05) is 13.2 Å². The van der Waals surface area contributed by atoms with Crippen molar-refractivity contribution >= 4 is 18.0 Å². The number of esters is 1. The molecule has 0 heterocycles. The highest BCUT2D eigenvalue weighted by Gasteiger charge is 2.32.